The second kappa shape index (κ2) is 6.75. The topological polar surface area (TPSA) is 61.3 Å². The molecule has 0 amide bonds. The van der Waals surface area contributed by atoms with Crippen molar-refractivity contribution in [2.24, 2.45) is 4.99 Å². The molecule has 0 radical (unpaired) electrons. The molecule has 0 spiro atoms. The summed E-state index contributed by atoms with van der Waals surface area (Å²) >= 11 is 1.53. The third-order valence-corrected chi connectivity index (χ3v) is 4.11. The summed E-state index contributed by atoms with van der Waals surface area (Å²) in [6, 6.07) is 5.77. The molecular formula is C17H16FN3OS. The normalized spacial score (nSPS) is 13.2. The molecule has 2 heterocycles. The Morgan fingerprint density at radius 2 is 2.30 bits per heavy atom. The first-order valence-electron chi connectivity index (χ1n) is 7.20. The summed E-state index contributed by atoms with van der Waals surface area (Å²) in [7, 11) is 0. The highest BCUT2D eigenvalue weighted by Crippen LogP contribution is 2.24. The number of hydrogen-bond donors (Lipinski definition) is 2. The summed E-state index contributed by atoms with van der Waals surface area (Å²) in [5, 5.41) is 14.0. The van der Waals surface area contributed by atoms with Gasteiger partial charge in [-0.2, -0.15) is 11.3 Å². The molecule has 0 saturated carbocycles. The van der Waals surface area contributed by atoms with Crippen LogP contribution in [0.2, 0.25) is 0 Å². The van der Waals surface area contributed by atoms with Crippen LogP contribution in [0.25, 0.3) is 0 Å². The number of phenolic OH excluding ortho intramolecular Hbond substituents is 1. The van der Waals surface area contributed by atoms with Crippen LogP contribution in [0.15, 0.2) is 52.5 Å². The van der Waals surface area contributed by atoms with E-state index in [1.54, 1.807) is 12.5 Å². The third kappa shape index (κ3) is 3.65. The molecule has 4 nitrogen and oxygen atoms in total. The van der Waals surface area contributed by atoms with Crippen LogP contribution in [-0.2, 0) is 6.42 Å². The average molecular weight is 329 g/mol. The van der Waals surface area contributed by atoms with Gasteiger partial charge < -0.3 is 10.1 Å². The summed E-state index contributed by atoms with van der Waals surface area (Å²) in [5.41, 5.74) is 2.84. The number of aromatic nitrogens is 2. The standard InChI is InChI=1S/C17H16FN3OS/c1-11(6-14-8-19-10-20-14)21-17(12-4-5-23-9-12)15-7-13(18)2-3-16(15)22/h2-5,7-11,22H,6H2,1H3,(H,19,20)/t11-/m1/s1. The molecule has 0 bridgehead atoms. The number of benzene rings is 1. The molecular weight excluding hydrogens is 313 g/mol. The summed E-state index contributed by atoms with van der Waals surface area (Å²) < 4.78 is 13.6. The number of nitrogens with zero attached hydrogens (tertiary/aromatic N) is 2. The van der Waals surface area contributed by atoms with Gasteiger partial charge in [-0.3, -0.25) is 4.99 Å². The number of thiophene rings is 1. The molecule has 6 heteroatoms. The highest BCUT2D eigenvalue weighted by atomic mass is 32.1. The fourth-order valence-electron chi connectivity index (χ4n) is 2.38. The van der Waals surface area contributed by atoms with Crippen molar-refractivity contribution in [2.75, 3.05) is 0 Å². The first-order chi connectivity index (χ1) is 11.1. The van der Waals surface area contributed by atoms with Gasteiger partial charge in [-0.1, -0.05) is 0 Å². The molecule has 0 fully saturated rings. The molecule has 1 aromatic carbocycles. The second-order valence-corrected chi connectivity index (χ2v) is 6.06. The van der Waals surface area contributed by atoms with Crippen molar-refractivity contribution in [1.82, 2.24) is 9.97 Å². The van der Waals surface area contributed by atoms with E-state index >= 15 is 0 Å². The summed E-state index contributed by atoms with van der Waals surface area (Å²) in [5.74, 6) is -0.382. The number of H-pyrrole nitrogens is 1. The number of phenols is 1. The van der Waals surface area contributed by atoms with Crippen LogP contribution in [-0.4, -0.2) is 26.8 Å². The number of imidazole rings is 1. The minimum atomic E-state index is -0.401. The van der Waals surface area contributed by atoms with E-state index in [-0.39, 0.29) is 11.8 Å². The number of aromatic amines is 1. The fourth-order valence-corrected chi connectivity index (χ4v) is 3.02. The maximum atomic E-state index is 13.6. The van der Waals surface area contributed by atoms with E-state index in [2.05, 4.69) is 9.97 Å². The zero-order valence-corrected chi connectivity index (χ0v) is 13.3. The van der Waals surface area contributed by atoms with Gasteiger partial charge in [0.25, 0.3) is 0 Å². The van der Waals surface area contributed by atoms with Gasteiger partial charge >= 0.3 is 0 Å². The van der Waals surface area contributed by atoms with Crippen molar-refractivity contribution in [2.45, 2.75) is 19.4 Å². The van der Waals surface area contributed by atoms with Gasteiger partial charge in [-0.15, -0.1) is 0 Å². The lowest BCUT2D eigenvalue weighted by molar-refractivity contribution is 0.472. The van der Waals surface area contributed by atoms with Crippen molar-refractivity contribution in [3.63, 3.8) is 0 Å². The number of hydrogen-bond acceptors (Lipinski definition) is 4. The van der Waals surface area contributed by atoms with Crippen molar-refractivity contribution < 1.29 is 9.50 Å². The Kier molecular flexibility index (Phi) is 4.52. The summed E-state index contributed by atoms with van der Waals surface area (Å²) in [6.07, 6.45) is 4.07. The van der Waals surface area contributed by atoms with E-state index in [4.69, 9.17) is 4.99 Å². The molecule has 2 aromatic heterocycles. The molecule has 23 heavy (non-hydrogen) atoms. The zero-order chi connectivity index (χ0) is 16.2. The second-order valence-electron chi connectivity index (χ2n) is 5.28. The molecule has 0 aliphatic rings. The van der Waals surface area contributed by atoms with Gasteiger partial charge in [0.15, 0.2) is 0 Å². The summed E-state index contributed by atoms with van der Waals surface area (Å²) in [4.78, 5) is 11.8. The Hall–Kier alpha value is -2.47. The molecule has 118 valence electrons. The number of rotatable bonds is 5. The van der Waals surface area contributed by atoms with E-state index in [1.807, 2.05) is 23.8 Å². The predicted molar refractivity (Wildman–Crippen MR) is 89.8 cm³/mol. The van der Waals surface area contributed by atoms with Crippen molar-refractivity contribution >= 4 is 17.0 Å². The van der Waals surface area contributed by atoms with Gasteiger partial charge in [-0.05, 0) is 36.6 Å². The Balaban J connectivity index is 1.99. The third-order valence-electron chi connectivity index (χ3n) is 3.43. The molecule has 0 aliphatic heterocycles. The van der Waals surface area contributed by atoms with E-state index in [0.29, 0.717) is 17.7 Å². The summed E-state index contributed by atoms with van der Waals surface area (Å²) in [6.45, 7) is 1.98. The average Bonchev–Trinajstić information content (AvgIpc) is 3.21. The number of halogens is 1. The molecule has 1 atom stereocenters. The van der Waals surface area contributed by atoms with E-state index in [0.717, 1.165) is 11.3 Å². The van der Waals surface area contributed by atoms with Gasteiger partial charge in [0.05, 0.1) is 18.1 Å². The molecule has 3 rings (SSSR count). The Labute approximate surface area is 137 Å². The lowest BCUT2D eigenvalue weighted by Gasteiger charge is -2.12. The maximum Gasteiger partial charge on any atom is 0.125 e. The Morgan fingerprint density at radius 3 is 3.00 bits per heavy atom. The van der Waals surface area contributed by atoms with E-state index < -0.39 is 5.82 Å². The highest BCUT2D eigenvalue weighted by Gasteiger charge is 2.15. The van der Waals surface area contributed by atoms with Crippen LogP contribution < -0.4 is 0 Å². The first kappa shape index (κ1) is 15.4. The lowest BCUT2D eigenvalue weighted by atomic mass is 10.0. The van der Waals surface area contributed by atoms with Crippen molar-refractivity contribution in [1.29, 1.82) is 0 Å². The monoisotopic (exact) mass is 329 g/mol. The van der Waals surface area contributed by atoms with Gasteiger partial charge in [0.1, 0.15) is 11.6 Å². The van der Waals surface area contributed by atoms with Crippen LogP contribution in [0.1, 0.15) is 23.7 Å². The van der Waals surface area contributed by atoms with Crippen molar-refractivity contribution in [3.05, 3.63) is 70.2 Å². The number of aliphatic imine (C=N–C) groups is 1. The lowest BCUT2D eigenvalue weighted by Crippen LogP contribution is -2.11. The van der Waals surface area contributed by atoms with Crippen LogP contribution in [0.4, 0.5) is 4.39 Å². The number of nitrogens with one attached hydrogen (secondary N) is 1. The van der Waals surface area contributed by atoms with Crippen LogP contribution in [0.5, 0.6) is 5.75 Å². The largest absolute Gasteiger partial charge is 0.507 e. The van der Waals surface area contributed by atoms with E-state index in [9.17, 15) is 9.50 Å². The molecule has 2 N–H and O–H groups in total. The van der Waals surface area contributed by atoms with Gasteiger partial charge in [0.2, 0.25) is 0 Å². The van der Waals surface area contributed by atoms with E-state index in [1.165, 1.54) is 29.5 Å². The van der Waals surface area contributed by atoms with Crippen LogP contribution in [0.3, 0.4) is 0 Å². The molecule has 0 unspecified atom stereocenters. The van der Waals surface area contributed by atoms with Crippen LogP contribution >= 0.6 is 11.3 Å². The number of aromatic hydroxyl groups is 1. The zero-order valence-electron chi connectivity index (χ0n) is 12.5. The molecule has 3 aromatic rings. The SMILES string of the molecule is C[C@H](Cc1cnc[nH]1)N=C(c1ccsc1)c1cc(F)ccc1O. The van der Waals surface area contributed by atoms with Crippen LogP contribution in [0, 0.1) is 5.82 Å². The molecule has 0 saturated heterocycles. The maximum absolute atomic E-state index is 13.6. The molecule has 0 aliphatic carbocycles. The first-order valence-corrected chi connectivity index (χ1v) is 8.14. The Bertz CT molecular complexity index is 797. The minimum absolute atomic E-state index is 0.0186. The van der Waals surface area contributed by atoms with Gasteiger partial charge in [-0.25, -0.2) is 9.37 Å². The highest BCUT2D eigenvalue weighted by molar-refractivity contribution is 7.08. The predicted octanol–water partition coefficient (Wildman–Crippen LogP) is 3.78. The smallest absolute Gasteiger partial charge is 0.125 e. The quantitative estimate of drug-likeness (QED) is 0.700. The Morgan fingerprint density at radius 1 is 1.43 bits per heavy atom. The minimum Gasteiger partial charge on any atom is -0.507 e. The van der Waals surface area contributed by atoms with Crippen molar-refractivity contribution in [3.8, 4) is 5.75 Å². The van der Waals surface area contributed by atoms with Gasteiger partial charge in [0, 0.05) is 34.8 Å². The fraction of sp³-hybridized carbons (Fsp3) is 0.176.